The molecule has 0 saturated carbocycles. The molecule has 112 valence electrons. The lowest BCUT2D eigenvalue weighted by molar-refractivity contribution is -0.116. The third-order valence-electron chi connectivity index (χ3n) is 3.65. The first-order chi connectivity index (χ1) is 10.6. The highest BCUT2D eigenvalue weighted by molar-refractivity contribution is 6.31. The molecule has 0 aliphatic carbocycles. The molecule has 4 nitrogen and oxygen atoms in total. The fraction of sp³-hybridized carbons (Fsp3) is 0.176. The van der Waals surface area contributed by atoms with E-state index in [1.54, 1.807) is 35.2 Å². The van der Waals surface area contributed by atoms with E-state index in [0.29, 0.717) is 22.0 Å². The van der Waals surface area contributed by atoms with Crippen molar-refractivity contribution in [3.8, 4) is 0 Å². The number of hydrogen-bond donors (Lipinski definition) is 1. The summed E-state index contributed by atoms with van der Waals surface area (Å²) in [6, 6.07) is 13.9. The molecule has 0 bridgehead atoms. The van der Waals surface area contributed by atoms with Gasteiger partial charge >= 0.3 is 0 Å². The normalized spacial score (nSPS) is 17.5. The number of nitrogens with zero attached hydrogens (tertiary/aromatic N) is 1. The average Bonchev–Trinajstić information content (AvgIpc) is 2.61. The monoisotopic (exact) mass is 314 g/mol. The molecule has 22 heavy (non-hydrogen) atoms. The SMILES string of the molecule is CC1CC(=O)Nc2ccccc2N1C(=O)c1cccc(Cl)c1. The van der Waals surface area contributed by atoms with Crippen LogP contribution >= 0.6 is 11.6 Å². The van der Waals surface area contributed by atoms with Crippen molar-refractivity contribution in [3.63, 3.8) is 0 Å². The van der Waals surface area contributed by atoms with Gasteiger partial charge < -0.3 is 10.2 Å². The molecule has 2 aromatic rings. The van der Waals surface area contributed by atoms with Crippen LogP contribution in [0.5, 0.6) is 0 Å². The molecule has 3 rings (SSSR count). The highest BCUT2D eigenvalue weighted by Gasteiger charge is 2.30. The van der Waals surface area contributed by atoms with E-state index in [4.69, 9.17) is 11.6 Å². The van der Waals surface area contributed by atoms with Crippen LogP contribution in [0.2, 0.25) is 5.02 Å². The second-order valence-corrected chi connectivity index (χ2v) is 5.74. The highest BCUT2D eigenvalue weighted by Crippen LogP contribution is 2.32. The molecule has 5 heteroatoms. The van der Waals surface area contributed by atoms with Gasteiger partial charge in [0.05, 0.1) is 11.4 Å². The number of amides is 2. The lowest BCUT2D eigenvalue weighted by Crippen LogP contribution is -2.39. The van der Waals surface area contributed by atoms with Gasteiger partial charge in [-0.25, -0.2) is 0 Å². The van der Waals surface area contributed by atoms with E-state index in [9.17, 15) is 9.59 Å². The number of para-hydroxylation sites is 2. The van der Waals surface area contributed by atoms with Crippen molar-refractivity contribution in [3.05, 3.63) is 59.1 Å². The van der Waals surface area contributed by atoms with Crippen LogP contribution in [0, 0.1) is 0 Å². The standard InChI is InChI=1S/C17H15ClN2O2/c1-11-9-16(21)19-14-7-2-3-8-15(14)20(11)17(22)12-5-4-6-13(18)10-12/h2-8,10-11H,9H2,1H3,(H,19,21). The molecule has 0 saturated heterocycles. The Balaban J connectivity index is 2.08. The molecule has 1 aliphatic heterocycles. The zero-order chi connectivity index (χ0) is 15.7. The van der Waals surface area contributed by atoms with Gasteiger partial charge in [-0.1, -0.05) is 29.8 Å². The number of carbonyl (C=O) groups excluding carboxylic acids is 2. The third-order valence-corrected chi connectivity index (χ3v) is 3.88. The summed E-state index contributed by atoms with van der Waals surface area (Å²) in [5, 5.41) is 3.35. The van der Waals surface area contributed by atoms with E-state index in [2.05, 4.69) is 5.32 Å². The maximum Gasteiger partial charge on any atom is 0.258 e. The summed E-state index contributed by atoms with van der Waals surface area (Å²) in [5.41, 5.74) is 1.85. The lowest BCUT2D eigenvalue weighted by Gasteiger charge is -2.28. The van der Waals surface area contributed by atoms with Crippen molar-refractivity contribution in [2.75, 3.05) is 10.2 Å². The Bertz CT molecular complexity index is 745. The summed E-state index contributed by atoms with van der Waals surface area (Å²) in [5.74, 6) is -0.264. The van der Waals surface area contributed by atoms with Gasteiger partial charge in [0, 0.05) is 23.0 Å². The molecule has 0 aromatic heterocycles. The summed E-state index contributed by atoms with van der Waals surface area (Å²) < 4.78 is 0. The minimum atomic E-state index is -0.241. The first-order valence-corrected chi connectivity index (χ1v) is 7.42. The zero-order valence-corrected chi connectivity index (χ0v) is 12.8. The third kappa shape index (κ3) is 2.70. The van der Waals surface area contributed by atoms with Crippen molar-refractivity contribution in [2.45, 2.75) is 19.4 Å². The van der Waals surface area contributed by atoms with Gasteiger partial charge in [-0.3, -0.25) is 9.59 Å². The molecular weight excluding hydrogens is 300 g/mol. The molecule has 1 N–H and O–H groups in total. The van der Waals surface area contributed by atoms with Crippen molar-refractivity contribution in [2.24, 2.45) is 0 Å². The molecule has 0 radical (unpaired) electrons. The van der Waals surface area contributed by atoms with Crippen molar-refractivity contribution in [1.29, 1.82) is 0 Å². The van der Waals surface area contributed by atoms with Crippen LogP contribution in [0.4, 0.5) is 11.4 Å². The minimum absolute atomic E-state index is 0.0960. The number of anilines is 2. The van der Waals surface area contributed by atoms with Crippen LogP contribution in [0.1, 0.15) is 23.7 Å². The quantitative estimate of drug-likeness (QED) is 0.872. The van der Waals surface area contributed by atoms with Crippen LogP contribution in [-0.2, 0) is 4.79 Å². The second kappa shape index (κ2) is 5.81. The van der Waals surface area contributed by atoms with E-state index in [1.807, 2.05) is 25.1 Å². The number of hydrogen-bond acceptors (Lipinski definition) is 2. The number of benzene rings is 2. The predicted octanol–water partition coefficient (Wildman–Crippen LogP) is 3.72. The van der Waals surface area contributed by atoms with E-state index in [1.165, 1.54) is 0 Å². The number of fused-ring (bicyclic) bond motifs is 1. The van der Waals surface area contributed by atoms with E-state index < -0.39 is 0 Å². The van der Waals surface area contributed by atoms with Gasteiger partial charge in [0.2, 0.25) is 5.91 Å². The minimum Gasteiger partial charge on any atom is -0.324 e. The molecule has 0 fully saturated rings. The van der Waals surface area contributed by atoms with Crippen LogP contribution in [0.15, 0.2) is 48.5 Å². The predicted molar refractivity (Wildman–Crippen MR) is 87.4 cm³/mol. The number of halogens is 1. The van der Waals surface area contributed by atoms with Gasteiger partial charge in [-0.2, -0.15) is 0 Å². The van der Waals surface area contributed by atoms with Crippen LogP contribution < -0.4 is 10.2 Å². The summed E-state index contributed by atoms with van der Waals surface area (Å²) in [4.78, 5) is 26.5. The Hall–Kier alpha value is -2.33. The fourth-order valence-corrected chi connectivity index (χ4v) is 2.85. The molecule has 0 spiro atoms. The van der Waals surface area contributed by atoms with Gasteiger partial charge in [0.1, 0.15) is 0 Å². The summed E-state index contributed by atoms with van der Waals surface area (Å²) in [7, 11) is 0. The Labute approximate surface area is 133 Å². The molecule has 1 heterocycles. The molecule has 2 amide bonds. The van der Waals surface area contributed by atoms with Crippen molar-refractivity contribution in [1.82, 2.24) is 0 Å². The molecule has 1 aliphatic rings. The first-order valence-electron chi connectivity index (χ1n) is 7.04. The smallest absolute Gasteiger partial charge is 0.258 e. The van der Waals surface area contributed by atoms with Gasteiger partial charge in [0.25, 0.3) is 5.91 Å². The topological polar surface area (TPSA) is 49.4 Å². The molecular formula is C17H15ClN2O2. The van der Waals surface area contributed by atoms with E-state index >= 15 is 0 Å². The zero-order valence-electron chi connectivity index (χ0n) is 12.0. The summed E-state index contributed by atoms with van der Waals surface area (Å²) in [6.45, 7) is 1.87. The lowest BCUT2D eigenvalue weighted by atomic mass is 10.1. The van der Waals surface area contributed by atoms with E-state index in [-0.39, 0.29) is 24.3 Å². The maximum absolute atomic E-state index is 12.9. The Morgan fingerprint density at radius 2 is 2.00 bits per heavy atom. The van der Waals surface area contributed by atoms with Gasteiger partial charge in [-0.15, -0.1) is 0 Å². The molecule has 2 aromatic carbocycles. The van der Waals surface area contributed by atoms with Crippen molar-refractivity contribution >= 4 is 34.8 Å². The summed E-state index contributed by atoms with van der Waals surface area (Å²) in [6.07, 6.45) is 0.251. The first kappa shape index (κ1) is 14.6. The fourth-order valence-electron chi connectivity index (χ4n) is 2.66. The highest BCUT2D eigenvalue weighted by atomic mass is 35.5. The Morgan fingerprint density at radius 1 is 1.23 bits per heavy atom. The second-order valence-electron chi connectivity index (χ2n) is 5.30. The molecule has 1 unspecified atom stereocenters. The van der Waals surface area contributed by atoms with Crippen molar-refractivity contribution < 1.29 is 9.59 Å². The van der Waals surface area contributed by atoms with Crippen LogP contribution in [0.3, 0.4) is 0 Å². The number of rotatable bonds is 1. The van der Waals surface area contributed by atoms with Crippen LogP contribution in [0.25, 0.3) is 0 Å². The maximum atomic E-state index is 12.9. The summed E-state index contributed by atoms with van der Waals surface area (Å²) >= 11 is 5.98. The van der Waals surface area contributed by atoms with Gasteiger partial charge in [-0.05, 0) is 37.3 Å². The largest absolute Gasteiger partial charge is 0.324 e. The number of carbonyl (C=O) groups is 2. The van der Waals surface area contributed by atoms with Crippen LogP contribution in [-0.4, -0.2) is 17.9 Å². The number of nitrogens with one attached hydrogen (secondary N) is 1. The Morgan fingerprint density at radius 3 is 2.77 bits per heavy atom. The molecule has 1 atom stereocenters. The van der Waals surface area contributed by atoms with Gasteiger partial charge in [0.15, 0.2) is 0 Å². The average molecular weight is 315 g/mol. The Kier molecular flexibility index (Phi) is 3.86. The van der Waals surface area contributed by atoms with E-state index in [0.717, 1.165) is 0 Å².